The van der Waals surface area contributed by atoms with Gasteiger partial charge in [-0.3, -0.25) is 4.79 Å². The number of amides is 1. The van der Waals surface area contributed by atoms with Crippen LogP contribution in [-0.4, -0.2) is 10.9 Å². The van der Waals surface area contributed by atoms with E-state index in [4.69, 9.17) is 5.73 Å². The lowest BCUT2D eigenvalue weighted by molar-refractivity contribution is 0.1000. The molecule has 11 heavy (non-hydrogen) atoms. The largest absolute Gasteiger partial charge is 0.364 e. The highest BCUT2D eigenvalue weighted by molar-refractivity contribution is 7.11. The molecule has 0 unspecified atom stereocenters. The summed E-state index contributed by atoms with van der Waals surface area (Å²) < 4.78 is 0. The van der Waals surface area contributed by atoms with E-state index < -0.39 is 5.91 Å². The molecule has 0 fully saturated rings. The van der Waals surface area contributed by atoms with E-state index in [-0.39, 0.29) is 0 Å². The quantitative estimate of drug-likeness (QED) is 0.723. The van der Waals surface area contributed by atoms with E-state index in [9.17, 15) is 4.79 Å². The Balaban J connectivity index is 2.99. The van der Waals surface area contributed by atoms with Gasteiger partial charge in [0.2, 0.25) is 0 Å². The second kappa shape index (κ2) is 2.84. The average molecular weight is 168 g/mol. The number of primary amides is 1. The summed E-state index contributed by atoms with van der Waals surface area (Å²) >= 11 is 1.24. The lowest BCUT2D eigenvalue weighted by atomic mass is 10.3. The third kappa shape index (κ3) is 1.65. The number of allylic oxidation sites excluding steroid dienone is 1. The predicted molar refractivity (Wildman–Crippen MR) is 45.3 cm³/mol. The van der Waals surface area contributed by atoms with Crippen LogP contribution in [0.3, 0.4) is 0 Å². The van der Waals surface area contributed by atoms with Crippen LogP contribution in [0.1, 0.15) is 22.4 Å². The molecule has 1 heterocycles. The first-order valence-corrected chi connectivity index (χ1v) is 3.90. The Bertz CT molecular complexity index is 275. The maximum Gasteiger partial charge on any atom is 0.277 e. The summed E-state index contributed by atoms with van der Waals surface area (Å²) in [6.45, 7) is 5.52. The summed E-state index contributed by atoms with van der Waals surface area (Å²) in [5, 5.41) is 2.10. The van der Waals surface area contributed by atoms with Crippen molar-refractivity contribution in [2.24, 2.45) is 5.73 Å². The summed E-state index contributed by atoms with van der Waals surface area (Å²) in [6, 6.07) is 0. The molecule has 1 rings (SSSR count). The molecule has 3 nitrogen and oxygen atoms in total. The molecule has 1 aromatic rings. The monoisotopic (exact) mass is 168 g/mol. The van der Waals surface area contributed by atoms with Crippen LogP contribution in [0.15, 0.2) is 12.0 Å². The van der Waals surface area contributed by atoms with E-state index in [2.05, 4.69) is 11.6 Å². The number of aromatic nitrogens is 1. The molecule has 0 saturated heterocycles. The van der Waals surface area contributed by atoms with Gasteiger partial charge in [-0.2, -0.15) is 0 Å². The van der Waals surface area contributed by atoms with Gasteiger partial charge in [-0.15, -0.1) is 11.3 Å². The highest BCUT2D eigenvalue weighted by atomic mass is 32.1. The van der Waals surface area contributed by atoms with Gasteiger partial charge in [0.1, 0.15) is 0 Å². The van der Waals surface area contributed by atoms with E-state index >= 15 is 0 Å². The van der Waals surface area contributed by atoms with Gasteiger partial charge in [0, 0.05) is 5.38 Å². The van der Waals surface area contributed by atoms with Crippen molar-refractivity contribution in [1.82, 2.24) is 4.98 Å². The van der Waals surface area contributed by atoms with E-state index in [1.54, 1.807) is 5.38 Å². The van der Waals surface area contributed by atoms with E-state index in [1.807, 2.05) is 6.92 Å². The number of carbonyl (C=O) groups excluding carboxylic acids is 1. The van der Waals surface area contributed by atoms with Gasteiger partial charge in [-0.25, -0.2) is 4.98 Å². The van der Waals surface area contributed by atoms with Gasteiger partial charge in [0.25, 0.3) is 5.91 Å². The van der Waals surface area contributed by atoms with Crippen molar-refractivity contribution in [3.05, 3.63) is 22.7 Å². The Labute approximate surface area is 68.6 Å². The fourth-order valence-corrected chi connectivity index (χ4v) is 1.33. The molecule has 0 saturated carbocycles. The summed E-state index contributed by atoms with van der Waals surface area (Å²) in [6.07, 6.45) is 0. The Morgan fingerprint density at radius 3 is 2.73 bits per heavy atom. The Hall–Kier alpha value is -1.16. The number of thiazole rings is 1. The molecule has 0 radical (unpaired) electrons. The molecule has 0 spiro atoms. The van der Waals surface area contributed by atoms with Crippen molar-refractivity contribution in [2.45, 2.75) is 6.92 Å². The molecule has 1 amide bonds. The summed E-state index contributed by atoms with van der Waals surface area (Å²) in [7, 11) is 0. The lowest BCUT2D eigenvalue weighted by Gasteiger charge is -1.87. The minimum absolute atomic E-state index is 0.336. The molecular formula is C7H8N2OS. The fraction of sp³-hybridized carbons (Fsp3) is 0.143. The summed E-state index contributed by atoms with van der Waals surface area (Å²) in [4.78, 5) is 14.5. The van der Waals surface area contributed by atoms with Crippen LogP contribution >= 0.6 is 11.3 Å². The molecule has 0 aliphatic rings. The lowest BCUT2D eigenvalue weighted by Crippen LogP contribution is -2.10. The third-order valence-corrected chi connectivity index (χ3v) is 2.01. The summed E-state index contributed by atoms with van der Waals surface area (Å²) in [5.41, 5.74) is 6.59. The minimum atomic E-state index is -0.484. The van der Waals surface area contributed by atoms with Gasteiger partial charge in [0.05, 0.1) is 5.69 Å². The molecule has 2 N–H and O–H groups in total. The normalized spacial score (nSPS) is 9.55. The van der Waals surface area contributed by atoms with Crippen LogP contribution in [0.5, 0.6) is 0 Å². The maximum atomic E-state index is 10.6. The van der Waals surface area contributed by atoms with Crippen LogP contribution in [0.25, 0.3) is 5.57 Å². The highest BCUT2D eigenvalue weighted by Gasteiger charge is 2.06. The summed E-state index contributed by atoms with van der Waals surface area (Å²) in [5.74, 6) is -0.484. The zero-order valence-electron chi connectivity index (χ0n) is 6.13. The molecule has 58 valence electrons. The average Bonchev–Trinajstić information content (AvgIpc) is 2.33. The molecule has 0 atom stereocenters. The van der Waals surface area contributed by atoms with Crippen LogP contribution < -0.4 is 5.73 Å². The van der Waals surface area contributed by atoms with Gasteiger partial charge in [-0.05, 0) is 12.5 Å². The number of rotatable bonds is 2. The molecule has 0 aliphatic carbocycles. The van der Waals surface area contributed by atoms with Gasteiger partial charge in [0.15, 0.2) is 5.01 Å². The molecule has 0 aliphatic heterocycles. The van der Waals surface area contributed by atoms with E-state index in [1.165, 1.54) is 11.3 Å². The Kier molecular flexibility index (Phi) is 2.05. The zero-order valence-corrected chi connectivity index (χ0v) is 6.94. The molecule has 1 aromatic heterocycles. The van der Waals surface area contributed by atoms with Crippen LogP contribution in [-0.2, 0) is 0 Å². The molecular weight excluding hydrogens is 160 g/mol. The molecule has 0 aromatic carbocycles. The van der Waals surface area contributed by atoms with Crippen molar-refractivity contribution in [3.63, 3.8) is 0 Å². The van der Waals surface area contributed by atoms with Crippen molar-refractivity contribution < 1.29 is 4.79 Å². The Morgan fingerprint density at radius 2 is 2.45 bits per heavy atom. The maximum absolute atomic E-state index is 10.6. The molecule has 0 bridgehead atoms. The predicted octanol–water partition coefficient (Wildman–Crippen LogP) is 1.28. The van der Waals surface area contributed by atoms with Gasteiger partial charge in [-0.1, -0.05) is 6.58 Å². The number of hydrogen-bond acceptors (Lipinski definition) is 3. The van der Waals surface area contributed by atoms with Crippen LogP contribution in [0, 0.1) is 0 Å². The van der Waals surface area contributed by atoms with Gasteiger partial charge >= 0.3 is 0 Å². The van der Waals surface area contributed by atoms with Crippen LogP contribution in [0.2, 0.25) is 0 Å². The Morgan fingerprint density at radius 1 is 1.82 bits per heavy atom. The second-order valence-corrected chi connectivity index (χ2v) is 3.04. The molecule has 4 heteroatoms. The van der Waals surface area contributed by atoms with Crippen molar-refractivity contribution in [3.8, 4) is 0 Å². The topological polar surface area (TPSA) is 56.0 Å². The third-order valence-electron chi connectivity index (χ3n) is 1.15. The second-order valence-electron chi connectivity index (χ2n) is 2.18. The van der Waals surface area contributed by atoms with Gasteiger partial charge < -0.3 is 5.73 Å². The smallest absolute Gasteiger partial charge is 0.277 e. The highest BCUT2D eigenvalue weighted by Crippen LogP contribution is 2.14. The van der Waals surface area contributed by atoms with Crippen molar-refractivity contribution >= 4 is 22.8 Å². The standard InChI is InChI=1S/C7H8N2OS/c1-4(2)5-3-11-7(9-5)6(8)10/h3H,1H2,2H3,(H2,8,10). The minimum Gasteiger partial charge on any atom is -0.364 e. The number of hydrogen-bond donors (Lipinski definition) is 1. The SMILES string of the molecule is C=C(C)c1csc(C(N)=O)n1. The zero-order chi connectivity index (χ0) is 8.43. The number of nitrogens with two attached hydrogens (primary N) is 1. The number of carbonyl (C=O) groups is 1. The van der Waals surface area contributed by atoms with E-state index in [0.717, 1.165) is 11.3 Å². The first-order chi connectivity index (χ1) is 5.11. The van der Waals surface area contributed by atoms with E-state index in [0.29, 0.717) is 5.01 Å². The number of nitrogens with zero attached hydrogens (tertiary/aromatic N) is 1. The van der Waals surface area contributed by atoms with Crippen molar-refractivity contribution in [2.75, 3.05) is 0 Å². The first-order valence-electron chi connectivity index (χ1n) is 3.02. The van der Waals surface area contributed by atoms with Crippen molar-refractivity contribution in [1.29, 1.82) is 0 Å². The van der Waals surface area contributed by atoms with Crippen LogP contribution in [0.4, 0.5) is 0 Å². The fourth-order valence-electron chi connectivity index (χ4n) is 0.583. The first kappa shape index (κ1) is 7.94.